The first kappa shape index (κ1) is 20.5. The number of aromatic nitrogens is 1. The Bertz CT molecular complexity index is 1380. The maximum atomic E-state index is 13.3. The van der Waals surface area contributed by atoms with Crippen molar-refractivity contribution in [2.75, 3.05) is 6.61 Å². The fraction of sp³-hybridized carbons (Fsp3) is 0.190. The highest BCUT2D eigenvalue weighted by Crippen LogP contribution is 2.30. The van der Waals surface area contributed by atoms with Crippen molar-refractivity contribution < 1.29 is 18.9 Å². The summed E-state index contributed by atoms with van der Waals surface area (Å²) >= 11 is 1.12. The molecular formula is C21H17N3O6S. The molecule has 3 aromatic rings. The summed E-state index contributed by atoms with van der Waals surface area (Å²) in [7, 11) is 0. The smallest absolute Gasteiger partial charge is 0.433 e. The van der Waals surface area contributed by atoms with E-state index in [-0.39, 0.29) is 22.5 Å². The molecule has 0 bridgehead atoms. The van der Waals surface area contributed by atoms with Gasteiger partial charge in [0.25, 0.3) is 5.56 Å². The number of hydrogen-bond acceptors (Lipinski definition) is 8. The van der Waals surface area contributed by atoms with Crippen LogP contribution in [0.25, 0.3) is 6.08 Å². The molecule has 1 aliphatic heterocycles. The summed E-state index contributed by atoms with van der Waals surface area (Å²) in [6, 6.07) is 11.1. The molecule has 2 aromatic heterocycles. The molecule has 9 nitrogen and oxygen atoms in total. The van der Waals surface area contributed by atoms with Crippen molar-refractivity contribution in [2.45, 2.75) is 19.9 Å². The number of furan rings is 1. The van der Waals surface area contributed by atoms with E-state index >= 15 is 0 Å². The van der Waals surface area contributed by atoms with E-state index in [0.29, 0.717) is 16.1 Å². The van der Waals surface area contributed by atoms with Gasteiger partial charge in [0.15, 0.2) is 4.80 Å². The van der Waals surface area contributed by atoms with Gasteiger partial charge in [0.05, 0.1) is 34.5 Å². The van der Waals surface area contributed by atoms with Crippen LogP contribution in [-0.2, 0) is 9.53 Å². The topological polar surface area (TPSA) is 117 Å². The van der Waals surface area contributed by atoms with Crippen LogP contribution in [0, 0.1) is 10.1 Å². The highest BCUT2D eigenvalue weighted by molar-refractivity contribution is 7.07. The molecule has 0 aliphatic carbocycles. The number of ether oxygens (including phenoxy) is 1. The standard InChI is InChI=1S/C21H17N3O6S/c1-3-29-20(26)17-12(2)22-21-23(18(17)13-7-5-4-6-8-13)19(25)15(31-21)11-14-9-10-16(30-14)24(27)28/h4-11,18H,3H2,1-2H3/b15-11+/t18-/m0/s1. The van der Waals surface area contributed by atoms with E-state index in [4.69, 9.17) is 9.15 Å². The van der Waals surface area contributed by atoms with Crippen LogP contribution in [0.5, 0.6) is 0 Å². The zero-order chi connectivity index (χ0) is 22.1. The average Bonchev–Trinajstić information content (AvgIpc) is 3.33. The molecule has 158 valence electrons. The van der Waals surface area contributed by atoms with Crippen molar-refractivity contribution in [2.24, 2.45) is 4.99 Å². The van der Waals surface area contributed by atoms with E-state index in [2.05, 4.69) is 4.99 Å². The maximum Gasteiger partial charge on any atom is 0.433 e. The van der Waals surface area contributed by atoms with Gasteiger partial charge in [0, 0.05) is 6.08 Å². The molecular weight excluding hydrogens is 422 g/mol. The third-order valence-electron chi connectivity index (χ3n) is 4.70. The quantitative estimate of drug-likeness (QED) is 0.342. The largest absolute Gasteiger partial charge is 0.463 e. The van der Waals surface area contributed by atoms with Crippen molar-refractivity contribution in [1.29, 1.82) is 0 Å². The Labute approximate surface area is 179 Å². The predicted octanol–water partition coefficient (Wildman–Crippen LogP) is 2.30. The third kappa shape index (κ3) is 3.73. The van der Waals surface area contributed by atoms with Gasteiger partial charge in [-0.15, -0.1) is 0 Å². The zero-order valence-corrected chi connectivity index (χ0v) is 17.4. The van der Waals surface area contributed by atoms with E-state index in [1.54, 1.807) is 13.8 Å². The van der Waals surface area contributed by atoms with Crippen LogP contribution in [0.4, 0.5) is 5.88 Å². The molecule has 0 saturated heterocycles. The molecule has 0 N–H and O–H groups in total. The van der Waals surface area contributed by atoms with Crippen LogP contribution in [0.2, 0.25) is 0 Å². The number of benzene rings is 1. The minimum absolute atomic E-state index is 0.176. The number of allylic oxidation sites excluding steroid dienone is 1. The predicted molar refractivity (Wildman–Crippen MR) is 112 cm³/mol. The fourth-order valence-corrected chi connectivity index (χ4v) is 4.42. The second-order valence-electron chi connectivity index (χ2n) is 6.65. The summed E-state index contributed by atoms with van der Waals surface area (Å²) in [5, 5.41) is 10.9. The molecule has 1 aromatic carbocycles. The summed E-state index contributed by atoms with van der Waals surface area (Å²) in [4.78, 5) is 41.1. The van der Waals surface area contributed by atoms with Gasteiger partial charge in [-0.1, -0.05) is 41.7 Å². The Kier molecular flexibility index (Phi) is 5.38. The summed E-state index contributed by atoms with van der Waals surface area (Å²) in [5.74, 6) is -0.773. The van der Waals surface area contributed by atoms with Gasteiger partial charge >= 0.3 is 11.9 Å². The average molecular weight is 439 g/mol. The van der Waals surface area contributed by atoms with Crippen molar-refractivity contribution in [3.63, 3.8) is 0 Å². The SMILES string of the molecule is CCOC(=O)C1=C(C)N=c2s/c(=C/c3ccc([N+](=O)[O-])o3)c(=O)n2[C@H]1c1ccccc1. The van der Waals surface area contributed by atoms with Crippen LogP contribution >= 0.6 is 11.3 Å². The summed E-state index contributed by atoms with van der Waals surface area (Å²) < 4.78 is 12.1. The minimum Gasteiger partial charge on any atom is -0.463 e. The van der Waals surface area contributed by atoms with E-state index in [0.717, 1.165) is 16.9 Å². The van der Waals surface area contributed by atoms with Crippen LogP contribution in [0.3, 0.4) is 0 Å². The minimum atomic E-state index is -0.704. The van der Waals surface area contributed by atoms with Crippen molar-refractivity contribution in [1.82, 2.24) is 4.57 Å². The Morgan fingerprint density at radius 3 is 2.71 bits per heavy atom. The summed E-state index contributed by atoms with van der Waals surface area (Å²) in [6.45, 7) is 3.61. The fourth-order valence-electron chi connectivity index (χ4n) is 3.39. The van der Waals surface area contributed by atoms with Gasteiger partial charge in [-0.25, -0.2) is 9.79 Å². The molecule has 0 unspecified atom stereocenters. The molecule has 1 aliphatic rings. The lowest BCUT2D eigenvalue weighted by molar-refractivity contribution is -0.402. The zero-order valence-electron chi connectivity index (χ0n) is 16.6. The van der Waals surface area contributed by atoms with Crippen LogP contribution < -0.4 is 14.9 Å². The molecule has 0 amide bonds. The lowest BCUT2D eigenvalue weighted by Gasteiger charge is -2.24. The number of carbonyl (C=O) groups excluding carboxylic acids is 1. The lowest BCUT2D eigenvalue weighted by atomic mass is 9.96. The second-order valence-corrected chi connectivity index (χ2v) is 7.66. The molecule has 4 rings (SSSR count). The summed E-state index contributed by atoms with van der Waals surface area (Å²) in [5.41, 5.74) is 1.11. The van der Waals surface area contributed by atoms with Gasteiger partial charge in [-0.2, -0.15) is 0 Å². The monoisotopic (exact) mass is 439 g/mol. The molecule has 0 radical (unpaired) electrons. The molecule has 0 spiro atoms. The maximum absolute atomic E-state index is 13.3. The van der Waals surface area contributed by atoms with E-state index in [1.165, 1.54) is 22.8 Å². The third-order valence-corrected chi connectivity index (χ3v) is 5.68. The Hall–Kier alpha value is -3.79. The van der Waals surface area contributed by atoms with Crippen molar-refractivity contribution >= 4 is 29.3 Å². The van der Waals surface area contributed by atoms with Gasteiger partial charge in [0.1, 0.15) is 10.7 Å². The number of hydrogen-bond donors (Lipinski definition) is 0. The second kappa shape index (κ2) is 8.15. The first-order valence-corrected chi connectivity index (χ1v) is 10.2. The van der Waals surface area contributed by atoms with E-state index in [9.17, 15) is 19.7 Å². The van der Waals surface area contributed by atoms with Crippen LogP contribution in [-0.4, -0.2) is 22.1 Å². The first-order chi connectivity index (χ1) is 14.9. The van der Waals surface area contributed by atoms with Gasteiger partial charge in [-0.3, -0.25) is 19.5 Å². The number of nitrogens with zero attached hydrogens (tertiary/aromatic N) is 3. The molecule has 31 heavy (non-hydrogen) atoms. The lowest BCUT2D eigenvalue weighted by Crippen LogP contribution is -2.39. The van der Waals surface area contributed by atoms with Crippen LogP contribution in [0.1, 0.15) is 31.2 Å². The molecule has 10 heteroatoms. The van der Waals surface area contributed by atoms with E-state index in [1.807, 2.05) is 30.3 Å². The van der Waals surface area contributed by atoms with Crippen molar-refractivity contribution in [3.8, 4) is 0 Å². The normalized spacial score (nSPS) is 16.1. The molecule has 0 fully saturated rings. The van der Waals surface area contributed by atoms with E-state index < -0.39 is 22.8 Å². The number of esters is 1. The Morgan fingerprint density at radius 2 is 2.06 bits per heavy atom. The number of thiazole rings is 1. The highest BCUT2D eigenvalue weighted by atomic mass is 32.1. The molecule has 3 heterocycles. The number of carbonyl (C=O) groups is 1. The highest BCUT2D eigenvalue weighted by Gasteiger charge is 2.33. The number of rotatable bonds is 5. The summed E-state index contributed by atoms with van der Waals surface area (Å²) in [6.07, 6.45) is 1.43. The number of nitro groups is 1. The van der Waals surface area contributed by atoms with Crippen molar-refractivity contribution in [3.05, 3.63) is 94.9 Å². The molecule has 1 atom stereocenters. The number of fused-ring (bicyclic) bond motifs is 1. The Morgan fingerprint density at radius 1 is 1.32 bits per heavy atom. The van der Waals surface area contributed by atoms with Gasteiger partial charge < -0.3 is 9.15 Å². The van der Waals surface area contributed by atoms with Gasteiger partial charge in [-0.05, 0) is 25.5 Å². The van der Waals surface area contributed by atoms with Crippen LogP contribution in [0.15, 0.2) is 67.9 Å². The molecule has 0 saturated carbocycles. The van der Waals surface area contributed by atoms with Gasteiger partial charge in [0.2, 0.25) is 0 Å². The first-order valence-electron chi connectivity index (χ1n) is 9.39. The Balaban J connectivity index is 1.92.